The lowest BCUT2D eigenvalue weighted by atomic mass is 9.94. The van der Waals surface area contributed by atoms with Crippen molar-refractivity contribution in [2.75, 3.05) is 9.80 Å². The Kier molecular flexibility index (Phi) is 5.86. The van der Waals surface area contributed by atoms with Crippen LogP contribution in [0.5, 0.6) is 0 Å². The number of anilines is 2. The average molecular weight is 513 g/mol. The number of rotatable bonds is 3. The summed E-state index contributed by atoms with van der Waals surface area (Å²) >= 11 is 5.80. The third-order valence-corrected chi connectivity index (χ3v) is 7.48. The van der Waals surface area contributed by atoms with Gasteiger partial charge in [0.05, 0.1) is 11.4 Å². The Balaban J connectivity index is 1.62. The fourth-order valence-electron chi connectivity index (χ4n) is 4.98. The second-order valence-corrected chi connectivity index (χ2v) is 9.82. The molecule has 5 heteroatoms. The quantitative estimate of drug-likeness (QED) is 0.110. The van der Waals surface area contributed by atoms with Crippen LogP contribution in [-0.4, -0.2) is 16.9 Å². The van der Waals surface area contributed by atoms with E-state index in [2.05, 4.69) is 6.07 Å². The van der Waals surface area contributed by atoms with Crippen LogP contribution in [0, 0.1) is 13.8 Å². The zero-order valence-corrected chi connectivity index (χ0v) is 21.8. The number of carbonyl (C=O) groups is 2. The number of fused-ring (bicyclic) bond motifs is 2. The van der Waals surface area contributed by atoms with Gasteiger partial charge in [-0.2, -0.15) is 0 Å². The molecule has 0 N–H and O–H groups in total. The summed E-state index contributed by atoms with van der Waals surface area (Å²) < 4.78 is 0. The van der Waals surface area contributed by atoms with Gasteiger partial charge in [-0.3, -0.25) is 19.4 Å². The molecule has 184 valence electrons. The normalized spacial score (nSPS) is 15.2. The van der Waals surface area contributed by atoms with Gasteiger partial charge in [0, 0.05) is 0 Å². The van der Waals surface area contributed by atoms with Crippen molar-refractivity contribution in [2.24, 2.45) is 0 Å². The van der Waals surface area contributed by atoms with Gasteiger partial charge in [0.15, 0.2) is 5.11 Å². The molecule has 1 saturated heterocycles. The molecule has 0 saturated carbocycles. The standard InChI is InChI=1S/C33H24N2O2S/c1-21-16-17-26(18-22(21)2)35-32(37)30(31(36)34(33(35)38)25-12-4-3-5-13-25)20-29-27-14-8-6-10-23(27)19-24-11-7-9-15-28(24)29/h3-20H,1-2H3/b30-20-. The van der Waals surface area contributed by atoms with Crippen LogP contribution >= 0.6 is 12.2 Å². The van der Waals surface area contributed by atoms with Crippen molar-refractivity contribution in [3.05, 3.63) is 125 Å². The van der Waals surface area contributed by atoms with Crippen LogP contribution in [0.1, 0.15) is 16.7 Å². The minimum Gasteiger partial charge on any atom is -0.268 e. The molecule has 2 amide bonds. The molecule has 0 radical (unpaired) electrons. The van der Waals surface area contributed by atoms with E-state index in [1.54, 1.807) is 6.08 Å². The van der Waals surface area contributed by atoms with Gasteiger partial charge in [-0.15, -0.1) is 0 Å². The lowest BCUT2D eigenvalue weighted by Gasteiger charge is -2.36. The zero-order valence-electron chi connectivity index (χ0n) is 21.0. The van der Waals surface area contributed by atoms with Crippen LogP contribution in [0.2, 0.25) is 0 Å². The van der Waals surface area contributed by atoms with Crippen LogP contribution in [0.15, 0.2) is 109 Å². The van der Waals surface area contributed by atoms with Crippen LogP contribution in [0.25, 0.3) is 27.6 Å². The van der Waals surface area contributed by atoms with Crippen molar-refractivity contribution >= 4 is 68.1 Å². The Hall–Kier alpha value is -4.61. The number of nitrogens with zero attached hydrogens (tertiary/aromatic N) is 2. The van der Waals surface area contributed by atoms with Crippen molar-refractivity contribution in [3.63, 3.8) is 0 Å². The van der Waals surface area contributed by atoms with Gasteiger partial charge < -0.3 is 0 Å². The summed E-state index contributed by atoms with van der Waals surface area (Å²) in [7, 11) is 0. The molecule has 1 heterocycles. The van der Waals surface area contributed by atoms with E-state index in [0.29, 0.717) is 11.4 Å². The van der Waals surface area contributed by atoms with E-state index in [1.165, 1.54) is 9.80 Å². The van der Waals surface area contributed by atoms with Gasteiger partial charge in [-0.25, -0.2) is 0 Å². The van der Waals surface area contributed by atoms with Crippen LogP contribution in [0.4, 0.5) is 11.4 Å². The van der Waals surface area contributed by atoms with Crippen molar-refractivity contribution < 1.29 is 9.59 Å². The minimum atomic E-state index is -0.441. The molecule has 0 bridgehead atoms. The molecule has 1 fully saturated rings. The molecule has 5 aromatic carbocycles. The maximum atomic E-state index is 14.1. The fraction of sp³-hybridized carbons (Fsp3) is 0.0606. The molecule has 38 heavy (non-hydrogen) atoms. The third kappa shape index (κ3) is 3.88. The molecule has 0 unspecified atom stereocenters. The SMILES string of the molecule is Cc1ccc(N2C(=O)/C(=C\c3c4ccccc4cc4ccccc34)C(=O)N(c3ccccc3)C2=S)cc1C. The molecular weight excluding hydrogens is 488 g/mol. The largest absolute Gasteiger partial charge is 0.270 e. The molecule has 1 aliphatic rings. The number of aryl methyl sites for hydroxylation is 2. The number of para-hydroxylation sites is 1. The predicted molar refractivity (Wildman–Crippen MR) is 159 cm³/mol. The van der Waals surface area contributed by atoms with E-state index >= 15 is 0 Å². The maximum Gasteiger partial charge on any atom is 0.270 e. The van der Waals surface area contributed by atoms with E-state index in [0.717, 1.165) is 38.2 Å². The second kappa shape index (κ2) is 9.36. The first-order valence-corrected chi connectivity index (χ1v) is 12.8. The van der Waals surface area contributed by atoms with E-state index in [1.807, 2.05) is 111 Å². The minimum absolute atomic E-state index is 0.0576. The monoisotopic (exact) mass is 512 g/mol. The summed E-state index contributed by atoms with van der Waals surface area (Å²) in [4.78, 5) is 31.1. The second-order valence-electron chi connectivity index (χ2n) is 9.46. The lowest BCUT2D eigenvalue weighted by molar-refractivity contribution is -0.120. The molecule has 4 nitrogen and oxygen atoms in total. The molecule has 5 aromatic rings. The summed E-state index contributed by atoms with van der Waals surface area (Å²) in [5.41, 5.74) is 4.27. The first-order valence-electron chi connectivity index (χ1n) is 12.4. The van der Waals surface area contributed by atoms with Crippen molar-refractivity contribution in [1.29, 1.82) is 0 Å². The highest BCUT2D eigenvalue weighted by atomic mass is 32.1. The van der Waals surface area contributed by atoms with Gasteiger partial charge in [-0.1, -0.05) is 72.8 Å². The van der Waals surface area contributed by atoms with Crippen molar-refractivity contribution in [2.45, 2.75) is 13.8 Å². The summed E-state index contributed by atoms with van der Waals surface area (Å²) in [5, 5.41) is 4.15. The lowest BCUT2D eigenvalue weighted by Crippen LogP contribution is -2.57. The van der Waals surface area contributed by atoms with Gasteiger partial charge in [0.2, 0.25) is 0 Å². The van der Waals surface area contributed by atoms with Gasteiger partial charge in [0.25, 0.3) is 11.8 Å². The third-order valence-electron chi connectivity index (χ3n) is 7.11. The Labute approximate surface area is 226 Å². The molecule has 6 rings (SSSR count). The van der Waals surface area contributed by atoms with Gasteiger partial charge >= 0.3 is 0 Å². The van der Waals surface area contributed by atoms with Crippen LogP contribution in [-0.2, 0) is 9.59 Å². The smallest absolute Gasteiger partial charge is 0.268 e. The number of hydrogen-bond acceptors (Lipinski definition) is 3. The Bertz CT molecular complexity index is 1750. The van der Waals surface area contributed by atoms with E-state index in [-0.39, 0.29) is 10.7 Å². The van der Waals surface area contributed by atoms with E-state index < -0.39 is 11.8 Å². The first-order chi connectivity index (χ1) is 18.4. The highest BCUT2D eigenvalue weighted by Gasteiger charge is 2.41. The maximum absolute atomic E-state index is 14.1. The molecule has 0 spiro atoms. The summed E-state index contributed by atoms with van der Waals surface area (Å²) in [6, 6.07) is 33.2. The molecular formula is C33H24N2O2S. The van der Waals surface area contributed by atoms with Crippen LogP contribution in [0.3, 0.4) is 0 Å². The van der Waals surface area contributed by atoms with E-state index in [9.17, 15) is 9.59 Å². The predicted octanol–water partition coefficient (Wildman–Crippen LogP) is 7.36. The van der Waals surface area contributed by atoms with E-state index in [4.69, 9.17) is 12.2 Å². The highest BCUT2D eigenvalue weighted by molar-refractivity contribution is 7.81. The summed E-state index contributed by atoms with van der Waals surface area (Å²) in [6.07, 6.45) is 1.74. The van der Waals surface area contributed by atoms with Crippen molar-refractivity contribution in [3.8, 4) is 0 Å². The van der Waals surface area contributed by atoms with Crippen molar-refractivity contribution in [1.82, 2.24) is 0 Å². The topological polar surface area (TPSA) is 40.6 Å². The number of thiocarbonyl (C=S) groups is 1. The molecule has 0 aliphatic carbocycles. The van der Waals surface area contributed by atoms with Crippen LogP contribution < -0.4 is 9.80 Å². The Morgan fingerprint density at radius 2 is 1.16 bits per heavy atom. The van der Waals surface area contributed by atoms with Gasteiger partial charge in [0.1, 0.15) is 5.57 Å². The highest BCUT2D eigenvalue weighted by Crippen LogP contribution is 2.34. The zero-order chi connectivity index (χ0) is 26.4. The summed E-state index contributed by atoms with van der Waals surface area (Å²) in [6.45, 7) is 4.02. The number of amides is 2. The summed E-state index contributed by atoms with van der Waals surface area (Å²) in [5.74, 6) is -0.879. The first kappa shape index (κ1) is 23.8. The number of carbonyl (C=O) groups excluding carboxylic acids is 2. The van der Waals surface area contributed by atoms with Gasteiger partial charge in [-0.05, 0) is 101 Å². The molecule has 0 atom stereocenters. The number of hydrogen-bond donors (Lipinski definition) is 0. The average Bonchev–Trinajstić information content (AvgIpc) is 2.93. The Morgan fingerprint density at radius 3 is 1.76 bits per heavy atom. The molecule has 0 aromatic heterocycles. The molecule has 1 aliphatic heterocycles. The number of benzene rings is 5. The fourth-order valence-corrected chi connectivity index (χ4v) is 5.35. The Morgan fingerprint density at radius 1 is 0.605 bits per heavy atom.